The van der Waals surface area contributed by atoms with E-state index in [4.69, 9.17) is 11.6 Å². The van der Waals surface area contributed by atoms with Crippen molar-refractivity contribution in [2.75, 3.05) is 12.4 Å². The highest BCUT2D eigenvalue weighted by molar-refractivity contribution is 7.16. The number of carbonyl (C=O) groups excluding carboxylic acids is 2. The largest absolute Gasteiger partial charge is 0.331 e. The average Bonchev–Trinajstić information content (AvgIpc) is 3.38. The SMILES string of the molecule is CC(NC(=O)N(C)Cc1ccc(Cl)s1)c1ccc(NC(=O)C2CC2)cc1. The Bertz CT molecular complexity index is 786. The molecule has 1 fully saturated rings. The molecule has 0 spiro atoms. The van der Waals surface area contributed by atoms with Crippen molar-refractivity contribution in [2.24, 2.45) is 5.92 Å². The van der Waals surface area contributed by atoms with Gasteiger partial charge in [-0.1, -0.05) is 23.7 Å². The maximum absolute atomic E-state index is 12.4. The predicted molar refractivity (Wildman–Crippen MR) is 106 cm³/mol. The molecule has 5 nitrogen and oxygen atoms in total. The van der Waals surface area contributed by atoms with Gasteiger partial charge in [0.05, 0.1) is 16.9 Å². The number of rotatable bonds is 6. The monoisotopic (exact) mass is 391 g/mol. The summed E-state index contributed by atoms with van der Waals surface area (Å²) in [7, 11) is 1.76. The number of carbonyl (C=O) groups is 2. The van der Waals surface area contributed by atoms with E-state index in [2.05, 4.69) is 10.6 Å². The number of anilines is 1. The molecule has 0 radical (unpaired) electrons. The minimum atomic E-state index is -0.145. The van der Waals surface area contributed by atoms with Crippen molar-refractivity contribution >= 4 is 40.6 Å². The van der Waals surface area contributed by atoms with E-state index in [1.54, 1.807) is 11.9 Å². The van der Waals surface area contributed by atoms with E-state index in [9.17, 15) is 9.59 Å². The minimum absolute atomic E-state index is 0.0920. The third-order valence-electron chi connectivity index (χ3n) is 4.33. The van der Waals surface area contributed by atoms with Gasteiger partial charge in [-0.25, -0.2) is 4.79 Å². The summed E-state index contributed by atoms with van der Waals surface area (Å²) in [6.45, 7) is 2.45. The minimum Gasteiger partial charge on any atom is -0.331 e. The molecule has 1 heterocycles. The van der Waals surface area contributed by atoms with E-state index in [1.807, 2.05) is 43.3 Å². The normalized spacial score (nSPS) is 14.6. The van der Waals surface area contributed by atoms with Crippen LogP contribution in [-0.4, -0.2) is 23.9 Å². The number of benzene rings is 1. The fourth-order valence-electron chi connectivity index (χ4n) is 2.57. The van der Waals surface area contributed by atoms with Crippen LogP contribution in [-0.2, 0) is 11.3 Å². The van der Waals surface area contributed by atoms with Crippen LogP contribution in [0.3, 0.4) is 0 Å². The number of nitrogens with zero attached hydrogens (tertiary/aromatic N) is 1. The van der Waals surface area contributed by atoms with E-state index in [1.165, 1.54) is 11.3 Å². The summed E-state index contributed by atoms with van der Waals surface area (Å²) in [5.41, 5.74) is 1.77. The van der Waals surface area contributed by atoms with Gasteiger partial charge in [0, 0.05) is 23.5 Å². The zero-order valence-electron chi connectivity index (χ0n) is 14.8. The zero-order valence-corrected chi connectivity index (χ0v) is 16.4. The lowest BCUT2D eigenvalue weighted by atomic mass is 10.1. The molecule has 1 aromatic heterocycles. The molecule has 1 saturated carbocycles. The molecule has 1 unspecified atom stereocenters. The third kappa shape index (κ3) is 4.99. The summed E-state index contributed by atoms with van der Waals surface area (Å²) in [6.07, 6.45) is 1.97. The maximum Gasteiger partial charge on any atom is 0.317 e. The van der Waals surface area contributed by atoms with E-state index in [0.717, 1.165) is 33.3 Å². The first kappa shape index (κ1) is 18.7. The molecule has 1 aliphatic rings. The number of thiophene rings is 1. The highest BCUT2D eigenvalue weighted by Gasteiger charge is 2.29. The van der Waals surface area contributed by atoms with Crippen LogP contribution in [0.15, 0.2) is 36.4 Å². The highest BCUT2D eigenvalue weighted by atomic mass is 35.5. The van der Waals surface area contributed by atoms with Gasteiger partial charge >= 0.3 is 6.03 Å². The topological polar surface area (TPSA) is 61.4 Å². The Balaban J connectivity index is 1.52. The first-order valence-electron chi connectivity index (χ1n) is 8.59. The van der Waals surface area contributed by atoms with E-state index in [-0.39, 0.29) is 23.9 Å². The molecule has 0 bridgehead atoms. The first-order chi connectivity index (χ1) is 12.4. The quantitative estimate of drug-likeness (QED) is 0.752. The molecule has 2 N–H and O–H groups in total. The van der Waals surface area contributed by atoms with Gasteiger partial charge in [-0.3, -0.25) is 4.79 Å². The van der Waals surface area contributed by atoms with Crippen molar-refractivity contribution in [2.45, 2.75) is 32.4 Å². The summed E-state index contributed by atoms with van der Waals surface area (Å²) in [4.78, 5) is 26.8. The molecule has 1 aromatic carbocycles. The Morgan fingerprint density at radius 3 is 2.50 bits per heavy atom. The maximum atomic E-state index is 12.4. The standard InChI is InChI=1S/C19H22ClN3O2S/c1-12(21-19(25)23(2)11-16-9-10-17(20)26-16)13-5-7-15(8-6-13)22-18(24)14-3-4-14/h5-10,12,14H,3-4,11H2,1-2H3,(H,21,25)(H,22,24). The molecule has 7 heteroatoms. The van der Waals surface area contributed by atoms with Gasteiger partial charge in [0.2, 0.25) is 5.91 Å². The molecule has 0 aliphatic heterocycles. The molecular weight excluding hydrogens is 370 g/mol. The zero-order chi connectivity index (χ0) is 18.7. The Morgan fingerprint density at radius 2 is 1.92 bits per heavy atom. The van der Waals surface area contributed by atoms with Gasteiger partial charge in [-0.05, 0) is 49.6 Å². The summed E-state index contributed by atoms with van der Waals surface area (Å²) in [6, 6.07) is 11.1. The number of amides is 3. The lowest BCUT2D eigenvalue weighted by Crippen LogP contribution is -2.38. The number of hydrogen-bond acceptors (Lipinski definition) is 3. The summed E-state index contributed by atoms with van der Waals surface area (Å²) in [5, 5.41) is 5.90. The van der Waals surface area contributed by atoms with Crippen LogP contribution < -0.4 is 10.6 Å². The fourth-order valence-corrected chi connectivity index (χ4v) is 3.71. The van der Waals surface area contributed by atoms with E-state index < -0.39 is 0 Å². The van der Waals surface area contributed by atoms with Crippen molar-refractivity contribution in [1.29, 1.82) is 0 Å². The van der Waals surface area contributed by atoms with Crippen LogP contribution in [0.4, 0.5) is 10.5 Å². The molecule has 1 atom stereocenters. The first-order valence-corrected chi connectivity index (χ1v) is 9.78. The van der Waals surface area contributed by atoms with Crippen molar-refractivity contribution in [3.05, 3.63) is 51.2 Å². The number of hydrogen-bond donors (Lipinski definition) is 2. The molecule has 3 rings (SSSR count). The molecule has 1 aliphatic carbocycles. The lowest BCUT2D eigenvalue weighted by Gasteiger charge is -2.21. The Hall–Kier alpha value is -2.05. The van der Waals surface area contributed by atoms with Crippen molar-refractivity contribution in [3.8, 4) is 0 Å². The van der Waals surface area contributed by atoms with E-state index >= 15 is 0 Å². The molecule has 2 aromatic rings. The molecule has 138 valence electrons. The van der Waals surface area contributed by atoms with Crippen LogP contribution in [0.5, 0.6) is 0 Å². The second-order valence-corrected chi connectivity index (χ2v) is 8.42. The molecule has 0 saturated heterocycles. The Kier molecular flexibility index (Phi) is 5.84. The van der Waals surface area contributed by atoms with Crippen LogP contribution in [0, 0.1) is 5.92 Å². The Morgan fingerprint density at radius 1 is 1.23 bits per heavy atom. The van der Waals surface area contributed by atoms with Crippen molar-refractivity contribution < 1.29 is 9.59 Å². The van der Waals surface area contributed by atoms with Gasteiger partial charge in [0.15, 0.2) is 0 Å². The average molecular weight is 392 g/mol. The van der Waals surface area contributed by atoms with Crippen molar-refractivity contribution in [1.82, 2.24) is 10.2 Å². The molecule has 3 amide bonds. The summed E-state index contributed by atoms with van der Waals surface area (Å²) < 4.78 is 0.719. The summed E-state index contributed by atoms with van der Waals surface area (Å²) >= 11 is 7.40. The second-order valence-electron chi connectivity index (χ2n) is 6.62. The lowest BCUT2D eigenvalue weighted by molar-refractivity contribution is -0.117. The Labute approximate surface area is 162 Å². The number of urea groups is 1. The van der Waals surface area contributed by atoms with Gasteiger partial charge in [-0.2, -0.15) is 0 Å². The number of nitrogens with one attached hydrogen (secondary N) is 2. The molecule has 26 heavy (non-hydrogen) atoms. The van der Waals surface area contributed by atoms with Crippen LogP contribution in [0.2, 0.25) is 4.34 Å². The smallest absolute Gasteiger partial charge is 0.317 e. The highest BCUT2D eigenvalue weighted by Crippen LogP contribution is 2.30. The number of halogens is 1. The van der Waals surface area contributed by atoms with E-state index in [0.29, 0.717) is 6.54 Å². The van der Waals surface area contributed by atoms with Gasteiger partial charge in [0.25, 0.3) is 0 Å². The van der Waals surface area contributed by atoms with Crippen LogP contribution >= 0.6 is 22.9 Å². The summed E-state index contributed by atoms with van der Waals surface area (Å²) in [5.74, 6) is 0.274. The van der Waals surface area contributed by atoms with Crippen molar-refractivity contribution in [3.63, 3.8) is 0 Å². The van der Waals surface area contributed by atoms with Gasteiger partial charge in [-0.15, -0.1) is 11.3 Å². The van der Waals surface area contributed by atoms with Crippen LogP contribution in [0.1, 0.15) is 36.2 Å². The molecular formula is C19H22ClN3O2S. The van der Waals surface area contributed by atoms with Gasteiger partial charge < -0.3 is 15.5 Å². The fraction of sp³-hybridized carbons (Fsp3) is 0.368. The predicted octanol–water partition coefficient (Wildman–Crippen LogP) is 4.65. The second kappa shape index (κ2) is 8.10. The van der Waals surface area contributed by atoms with Crippen LogP contribution in [0.25, 0.3) is 0 Å². The third-order valence-corrected chi connectivity index (χ3v) is 5.55. The van der Waals surface area contributed by atoms with Gasteiger partial charge in [0.1, 0.15) is 0 Å².